The number of unbranched alkanes of at least 4 members (excludes halogenated alkanes) is 1. The number of nitrogens with zero attached hydrogens (tertiary/aromatic N) is 1. The van der Waals surface area contributed by atoms with Gasteiger partial charge in [-0.25, -0.2) is 0 Å². The topological polar surface area (TPSA) is 43.3 Å². The molecule has 0 amide bonds. The van der Waals surface area contributed by atoms with E-state index in [-0.39, 0.29) is 5.97 Å². The molecule has 0 fully saturated rings. The zero-order valence-corrected chi connectivity index (χ0v) is 10.9. The van der Waals surface area contributed by atoms with Crippen LogP contribution in [0.5, 0.6) is 0 Å². The lowest BCUT2D eigenvalue weighted by Gasteiger charge is -2.07. The summed E-state index contributed by atoms with van der Waals surface area (Å²) in [6.07, 6.45) is 5.85. The molecule has 0 aliphatic rings. The highest BCUT2D eigenvalue weighted by Gasteiger charge is 2.07. The smallest absolute Gasteiger partial charge is 0.325 e. The average molecular weight is 238 g/mol. The van der Waals surface area contributed by atoms with Crippen molar-refractivity contribution in [2.45, 2.75) is 39.3 Å². The van der Waals surface area contributed by atoms with E-state index in [1.54, 1.807) is 0 Å². The van der Waals surface area contributed by atoms with Gasteiger partial charge in [0, 0.05) is 18.4 Å². The standard InChI is InChI=1S/C13H22N2O2/c1-4-5-8-17-13(16)10-15-7-6-12(9-15)11(2)14-3/h6-7,9,11,14H,4-5,8,10H2,1-3H3. The van der Waals surface area contributed by atoms with Crippen LogP contribution < -0.4 is 5.32 Å². The predicted molar refractivity (Wildman–Crippen MR) is 67.8 cm³/mol. The van der Waals surface area contributed by atoms with Crippen LogP contribution >= 0.6 is 0 Å². The summed E-state index contributed by atoms with van der Waals surface area (Å²) < 4.78 is 6.97. The Morgan fingerprint density at radius 1 is 1.59 bits per heavy atom. The van der Waals surface area contributed by atoms with Crippen molar-refractivity contribution in [3.63, 3.8) is 0 Å². The van der Waals surface area contributed by atoms with E-state index >= 15 is 0 Å². The van der Waals surface area contributed by atoms with Crippen molar-refractivity contribution in [1.82, 2.24) is 9.88 Å². The predicted octanol–water partition coefficient (Wildman–Crippen LogP) is 2.11. The molecule has 0 aromatic carbocycles. The Kier molecular flexibility index (Phi) is 5.77. The molecular formula is C13H22N2O2. The van der Waals surface area contributed by atoms with E-state index in [2.05, 4.69) is 19.2 Å². The van der Waals surface area contributed by atoms with Crippen molar-refractivity contribution >= 4 is 5.97 Å². The number of ether oxygens (including phenoxy) is 1. The number of nitrogens with one attached hydrogen (secondary N) is 1. The first kappa shape index (κ1) is 13.8. The summed E-state index contributed by atoms with van der Waals surface area (Å²) in [5, 5.41) is 3.16. The maximum atomic E-state index is 11.5. The second-order valence-corrected chi connectivity index (χ2v) is 4.20. The van der Waals surface area contributed by atoms with Crippen LogP contribution in [0.25, 0.3) is 0 Å². The van der Waals surface area contributed by atoms with Crippen LogP contribution in [0.4, 0.5) is 0 Å². The molecule has 1 N–H and O–H groups in total. The highest BCUT2D eigenvalue weighted by molar-refractivity contribution is 5.69. The van der Waals surface area contributed by atoms with Crippen molar-refractivity contribution in [2.24, 2.45) is 0 Å². The zero-order chi connectivity index (χ0) is 12.7. The number of hydrogen-bond donors (Lipinski definition) is 1. The van der Waals surface area contributed by atoms with Gasteiger partial charge in [-0.1, -0.05) is 13.3 Å². The summed E-state index contributed by atoms with van der Waals surface area (Å²) in [7, 11) is 1.92. The molecule has 0 saturated carbocycles. The van der Waals surface area contributed by atoms with Gasteiger partial charge in [0.15, 0.2) is 0 Å². The molecule has 0 bridgehead atoms. The fourth-order valence-electron chi connectivity index (χ4n) is 1.51. The first-order valence-corrected chi connectivity index (χ1v) is 6.16. The van der Waals surface area contributed by atoms with Gasteiger partial charge in [0.05, 0.1) is 6.61 Å². The van der Waals surface area contributed by atoms with E-state index in [1.807, 2.05) is 30.1 Å². The Morgan fingerprint density at radius 2 is 2.35 bits per heavy atom. The summed E-state index contributed by atoms with van der Waals surface area (Å²) in [5.41, 5.74) is 1.17. The number of carbonyl (C=O) groups is 1. The van der Waals surface area contributed by atoms with E-state index in [1.165, 1.54) is 5.56 Å². The fraction of sp³-hybridized carbons (Fsp3) is 0.615. The Bertz CT molecular complexity index is 347. The molecule has 1 aromatic heterocycles. The minimum atomic E-state index is -0.169. The third-order valence-electron chi connectivity index (χ3n) is 2.78. The van der Waals surface area contributed by atoms with Crippen LogP contribution in [0.1, 0.15) is 38.3 Å². The van der Waals surface area contributed by atoms with Gasteiger partial charge in [0.1, 0.15) is 6.54 Å². The Labute approximate surface area is 103 Å². The molecule has 1 heterocycles. The van der Waals surface area contributed by atoms with E-state index in [0.29, 0.717) is 19.2 Å². The third kappa shape index (κ3) is 4.61. The largest absolute Gasteiger partial charge is 0.464 e. The number of carbonyl (C=O) groups excluding carboxylic acids is 1. The normalized spacial score (nSPS) is 12.4. The molecule has 0 spiro atoms. The van der Waals surface area contributed by atoms with E-state index in [9.17, 15) is 4.79 Å². The quantitative estimate of drug-likeness (QED) is 0.584. The SMILES string of the molecule is CCCCOC(=O)Cn1ccc(C(C)NC)c1. The molecule has 4 heteroatoms. The third-order valence-corrected chi connectivity index (χ3v) is 2.78. The molecule has 0 saturated heterocycles. The molecule has 0 aliphatic heterocycles. The van der Waals surface area contributed by atoms with Crippen LogP contribution in [0, 0.1) is 0 Å². The second kappa shape index (κ2) is 7.12. The zero-order valence-electron chi connectivity index (χ0n) is 10.9. The molecule has 0 radical (unpaired) electrons. The monoisotopic (exact) mass is 238 g/mol. The van der Waals surface area contributed by atoms with E-state index < -0.39 is 0 Å². The van der Waals surface area contributed by atoms with Crippen molar-refractivity contribution in [2.75, 3.05) is 13.7 Å². The summed E-state index contributed by atoms with van der Waals surface area (Å²) in [6.45, 7) is 4.97. The summed E-state index contributed by atoms with van der Waals surface area (Å²) >= 11 is 0. The number of hydrogen-bond acceptors (Lipinski definition) is 3. The average Bonchev–Trinajstić information content (AvgIpc) is 2.77. The van der Waals surface area contributed by atoms with Gasteiger partial charge in [0.2, 0.25) is 0 Å². The van der Waals surface area contributed by atoms with Gasteiger partial charge in [-0.15, -0.1) is 0 Å². The van der Waals surface area contributed by atoms with Crippen molar-refractivity contribution < 1.29 is 9.53 Å². The summed E-state index contributed by atoms with van der Waals surface area (Å²) in [6, 6.07) is 2.31. The summed E-state index contributed by atoms with van der Waals surface area (Å²) in [5.74, 6) is -0.169. The van der Waals surface area contributed by atoms with Crippen LogP contribution in [0.15, 0.2) is 18.5 Å². The second-order valence-electron chi connectivity index (χ2n) is 4.20. The number of esters is 1. The minimum absolute atomic E-state index is 0.169. The Balaban J connectivity index is 2.40. The first-order chi connectivity index (χ1) is 8.17. The highest BCUT2D eigenvalue weighted by atomic mass is 16.5. The summed E-state index contributed by atoms with van der Waals surface area (Å²) in [4.78, 5) is 11.5. The Morgan fingerprint density at radius 3 is 3.00 bits per heavy atom. The molecule has 1 rings (SSSR count). The molecule has 1 atom stereocenters. The van der Waals surface area contributed by atoms with Crippen molar-refractivity contribution in [3.8, 4) is 0 Å². The lowest BCUT2D eigenvalue weighted by atomic mass is 10.2. The van der Waals surface area contributed by atoms with E-state index in [0.717, 1.165) is 12.8 Å². The molecule has 17 heavy (non-hydrogen) atoms. The molecule has 1 unspecified atom stereocenters. The highest BCUT2D eigenvalue weighted by Crippen LogP contribution is 2.11. The minimum Gasteiger partial charge on any atom is -0.464 e. The van der Waals surface area contributed by atoms with E-state index in [4.69, 9.17) is 4.74 Å². The van der Waals surface area contributed by atoms with Crippen LogP contribution in [0.3, 0.4) is 0 Å². The van der Waals surface area contributed by atoms with Crippen LogP contribution in [-0.4, -0.2) is 24.2 Å². The van der Waals surface area contributed by atoms with Gasteiger partial charge >= 0.3 is 5.97 Å². The van der Waals surface area contributed by atoms with Crippen molar-refractivity contribution in [1.29, 1.82) is 0 Å². The molecule has 0 aliphatic carbocycles. The molecule has 96 valence electrons. The van der Waals surface area contributed by atoms with Crippen LogP contribution in [-0.2, 0) is 16.1 Å². The maximum Gasteiger partial charge on any atom is 0.325 e. The van der Waals surface area contributed by atoms with Gasteiger partial charge in [0.25, 0.3) is 0 Å². The number of rotatable bonds is 7. The van der Waals surface area contributed by atoms with Gasteiger partial charge in [-0.05, 0) is 32.0 Å². The number of aromatic nitrogens is 1. The fourth-order valence-corrected chi connectivity index (χ4v) is 1.51. The Hall–Kier alpha value is -1.29. The molecule has 1 aromatic rings. The lowest BCUT2D eigenvalue weighted by Crippen LogP contribution is -2.14. The van der Waals surface area contributed by atoms with Gasteiger partial charge in [-0.3, -0.25) is 4.79 Å². The first-order valence-electron chi connectivity index (χ1n) is 6.16. The maximum absolute atomic E-state index is 11.5. The van der Waals surface area contributed by atoms with Gasteiger partial charge < -0.3 is 14.6 Å². The van der Waals surface area contributed by atoms with Gasteiger partial charge in [-0.2, -0.15) is 0 Å². The van der Waals surface area contributed by atoms with Crippen LogP contribution in [0.2, 0.25) is 0 Å². The molecule has 4 nitrogen and oxygen atoms in total. The lowest BCUT2D eigenvalue weighted by molar-refractivity contribution is -0.144. The van der Waals surface area contributed by atoms with Crippen molar-refractivity contribution in [3.05, 3.63) is 24.0 Å². The molecular weight excluding hydrogens is 216 g/mol.